The Balaban J connectivity index is 2.13. The summed E-state index contributed by atoms with van der Waals surface area (Å²) in [6, 6.07) is 15.1. The Labute approximate surface area is 118 Å². The maximum atomic E-state index is 10.2. The number of benzene rings is 2. The summed E-state index contributed by atoms with van der Waals surface area (Å²) in [5, 5.41) is 19.4. The summed E-state index contributed by atoms with van der Waals surface area (Å²) in [6.45, 7) is 3.80. The van der Waals surface area contributed by atoms with E-state index in [1.165, 1.54) is 0 Å². The van der Waals surface area contributed by atoms with Crippen molar-refractivity contribution < 1.29 is 10.2 Å². The molecule has 0 spiro atoms. The van der Waals surface area contributed by atoms with E-state index in [1.807, 2.05) is 50.2 Å². The van der Waals surface area contributed by atoms with Gasteiger partial charge in [-0.15, -0.1) is 0 Å². The third kappa shape index (κ3) is 3.52. The summed E-state index contributed by atoms with van der Waals surface area (Å²) in [5.74, 6) is 0.277. The van der Waals surface area contributed by atoms with Crippen LogP contribution in [0.1, 0.15) is 25.8 Å². The topological polar surface area (TPSA) is 40.5 Å². The van der Waals surface area contributed by atoms with Crippen LogP contribution in [0, 0.1) is 0 Å². The fourth-order valence-corrected chi connectivity index (χ4v) is 2.55. The molecule has 0 heterocycles. The van der Waals surface area contributed by atoms with Gasteiger partial charge in [0.1, 0.15) is 5.75 Å². The Kier molecular flexibility index (Phi) is 4.17. The van der Waals surface area contributed by atoms with Crippen LogP contribution in [0.15, 0.2) is 58.3 Å². The number of aromatic hydroxyl groups is 1. The highest BCUT2D eigenvalue weighted by molar-refractivity contribution is 7.99. The molecule has 0 aliphatic rings. The van der Waals surface area contributed by atoms with Gasteiger partial charge in [0.2, 0.25) is 0 Å². The molecule has 2 aromatic carbocycles. The van der Waals surface area contributed by atoms with Crippen molar-refractivity contribution in [1.29, 1.82) is 0 Å². The zero-order valence-corrected chi connectivity index (χ0v) is 11.9. The van der Waals surface area contributed by atoms with Crippen molar-refractivity contribution in [1.82, 2.24) is 0 Å². The van der Waals surface area contributed by atoms with Crippen LogP contribution in [0.3, 0.4) is 0 Å². The lowest BCUT2D eigenvalue weighted by atomic mass is 9.94. The van der Waals surface area contributed by atoms with Crippen LogP contribution < -0.4 is 0 Å². The molecule has 0 aliphatic heterocycles. The van der Waals surface area contributed by atoms with E-state index in [-0.39, 0.29) is 5.75 Å². The SMILES string of the molecule is CCC(C)(O)c1ccc(Sc2ccc(O)cc2)cc1. The van der Waals surface area contributed by atoms with Gasteiger partial charge < -0.3 is 10.2 Å². The fourth-order valence-electron chi connectivity index (χ4n) is 1.74. The standard InChI is InChI=1S/C16H18O2S/c1-3-16(2,18)12-4-8-14(9-5-12)19-15-10-6-13(17)7-11-15/h4-11,17-18H,3H2,1-2H3. The molecular weight excluding hydrogens is 256 g/mol. The van der Waals surface area contributed by atoms with Crippen LogP contribution in [0.25, 0.3) is 0 Å². The largest absolute Gasteiger partial charge is 0.508 e. The number of aliphatic hydroxyl groups is 1. The summed E-state index contributed by atoms with van der Waals surface area (Å²) in [4.78, 5) is 2.19. The van der Waals surface area contributed by atoms with Gasteiger partial charge in [0.05, 0.1) is 5.60 Å². The van der Waals surface area contributed by atoms with Crippen molar-refractivity contribution in [3.05, 3.63) is 54.1 Å². The second kappa shape index (κ2) is 5.68. The normalized spacial score (nSPS) is 14.1. The monoisotopic (exact) mass is 274 g/mol. The van der Waals surface area contributed by atoms with Gasteiger partial charge in [-0.3, -0.25) is 0 Å². The van der Waals surface area contributed by atoms with Gasteiger partial charge in [-0.25, -0.2) is 0 Å². The first-order valence-electron chi connectivity index (χ1n) is 6.31. The van der Waals surface area contributed by atoms with Gasteiger partial charge in [-0.2, -0.15) is 0 Å². The lowest BCUT2D eigenvalue weighted by Crippen LogP contribution is -2.19. The molecule has 2 rings (SSSR count). The van der Waals surface area contributed by atoms with Crippen LogP contribution in [0.2, 0.25) is 0 Å². The molecule has 0 fully saturated rings. The van der Waals surface area contributed by atoms with Crippen molar-refractivity contribution in [2.45, 2.75) is 35.7 Å². The zero-order valence-electron chi connectivity index (χ0n) is 11.1. The molecule has 0 saturated heterocycles. The smallest absolute Gasteiger partial charge is 0.115 e. The second-order valence-corrected chi connectivity index (χ2v) is 5.89. The van der Waals surface area contributed by atoms with Gasteiger partial charge >= 0.3 is 0 Å². The van der Waals surface area contributed by atoms with E-state index < -0.39 is 5.60 Å². The third-order valence-electron chi connectivity index (χ3n) is 3.24. The summed E-state index contributed by atoms with van der Waals surface area (Å²) < 4.78 is 0. The average molecular weight is 274 g/mol. The van der Waals surface area contributed by atoms with E-state index in [1.54, 1.807) is 23.9 Å². The van der Waals surface area contributed by atoms with E-state index in [0.29, 0.717) is 6.42 Å². The maximum absolute atomic E-state index is 10.2. The van der Waals surface area contributed by atoms with E-state index in [4.69, 9.17) is 0 Å². The Morgan fingerprint density at radius 3 is 1.89 bits per heavy atom. The molecule has 0 saturated carbocycles. The summed E-state index contributed by atoms with van der Waals surface area (Å²) in [6.07, 6.45) is 0.692. The van der Waals surface area contributed by atoms with Crippen LogP contribution >= 0.6 is 11.8 Å². The Hall–Kier alpha value is -1.45. The van der Waals surface area contributed by atoms with E-state index in [2.05, 4.69) is 0 Å². The minimum Gasteiger partial charge on any atom is -0.508 e. The maximum Gasteiger partial charge on any atom is 0.115 e. The van der Waals surface area contributed by atoms with Crippen molar-refractivity contribution in [2.75, 3.05) is 0 Å². The highest BCUT2D eigenvalue weighted by Gasteiger charge is 2.19. The molecule has 0 aromatic heterocycles. The molecule has 1 unspecified atom stereocenters. The molecule has 2 nitrogen and oxygen atoms in total. The average Bonchev–Trinajstić information content (AvgIpc) is 2.42. The molecule has 2 aromatic rings. The first-order chi connectivity index (χ1) is 9.01. The third-order valence-corrected chi connectivity index (χ3v) is 4.25. The van der Waals surface area contributed by atoms with E-state index in [9.17, 15) is 10.2 Å². The predicted molar refractivity (Wildman–Crippen MR) is 78.5 cm³/mol. The highest BCUT2D eigenvalue weighted by atomic mass is 32.2. The number of phenols is 1. The van der Waals surface area contributed by atoms with Gasteiger partial charge in [0, 0.05) is 9.79 Å². The van der Waals surface area contributed by atoms with Crippen LogP contribution in [-0.2, 0) is 5.60 Å². The Bertz CT molecular complexity index is 530. The second-order valence-electron chi connectivity index (χ2n) is 4.75. The highest BCUT2D eigenvalue weighted by Crippen LogP contribution is 2.31. The molecule has 2 N–H and O–H groups in total. The number of phenolic OH excluding ortho intramolecular Hbond substituents is 1. The number of rotatable bonds is 4. The van der Waals surface area contributed by atoms with Crippen LogP contribution in [0.5, 0.6) is 5.75 Å². The zero-order chi connectivity index (χ0) is 13.9. The van der Waals surface area contributed by atoms with Crippen molar-refractivity contribution in [3.8, 4) is 5.75 Å². The van der Waals surface area contributed by atoms with Gasteiger partial charge in [-0.05, 0) is 55.3 Å². The van der Waals surface area contributed by atoms with E-state index >= 15 is 0 Å². The first kappa shape index (κ1) is 14.0. The molecule has 1 atom stereocenters. The Morgan fingerprint density at radius 2 is 1.42 bits per heavy atom. The minimum absolute atomic E-state index is 0.277. The van der Waals surface area contributed by atoms with Gasteiger partial charge in [-0.1, -0.05) is 30.8 Å². The van der Waals surface area contributed by atoms with Crippen molar-refractivity contribution in [2.24, 2.45) is 0 Å². The minimum atomic E-state index is -0.762. The molecule has 100 valence electrons. The van der Waals surface area contributed by atoms with Crippen molar-refractivity contribution >= 4 is 11.8 Å². The lowest BCUT2D eigenvalue weighted by molar-refractivity contribution is 0.0530. The summed E-state index contributed by atoms with van der Waals surface area (Å²) >= 11 is 1.63. The molecular formula is C16H18O2S. The molecule has 0 aliphatic carbocycles. The number of hydrogen-bond donors (Lipinski definition) is 2. The molecule has 0 amide bonds. The molecule has 0 bridgehead atoms. The van der Waals surface area contributed by atoms with Crippen molar-refractivity contribution in [3.63, 3.8) is 0 Å². The van der Waals surface area contributed by atoms with Crippen LogP contribution in [0.4, 0.5) is 0 Å². The summed E-state index contributed by atoms with van der Waals surface area (Å²) in [7, 11) is 0. The molecule has 3 heteroatoms. The van der Waals surface area contributed by atoms with Gasteiger partial charge in [0.15, 0.2) is 0 Å². The molecule has 19 heavy (non-hydrogen) atoms. The van der Waals surface area contributed by atoms with E-state index in [0.717, 1.165) is 15.4 Å². The lowest BCUT2D eigenvalue weighted by Gasteiger charge is -2.21. The summed E-state index contributed by atoms with van der Waals surface area (Å²) in [5.41, 5.74) is 0.173. The van der Waals surface area contributed by atoms with Crippen LogP contribution in [-0.4, -0.2) is 10.2 Å². The fraction of sp³-hybridized carbons (Fsp3) is 0.250. The first-order valence-corrected chi connectivity index (χ1v) is 7.13. The van der Waals surface area contributed by atoms with Gasteiger partial charge in [0.25, 0.3) is 0 Å². The Morgan fingerprint density at radius 1 is 0.947 bits per heavy atom. The number of hydrogen-bond acceptors (Lipinski definition) is 3. The quantitative estimate of drug-likeness (QED) is 0.879. The molecule has 0 radical (unpaired) electrons. The predicted octanol–water partition coefficient (Wildman–Crippen LogP) is 4.16.